The predicted molar refractivity (Wildman–Crippen MR) is 78.8 cm³/mol. The van der Waals surface area contributed by atoms with E-state index < -0.39 is 0 Å². The van der Waals surface area contributed by atoms with Gasteiger partial charge in [0, 0.05) is 17.9 Å². The molecular weight excluding hydrogens is 268 g/mol. The van der Waals surface area contributed by atoms with Gasteiger partial charge in [0.05, 0.1) is 5.69 Å². The lowest BCUT2D eigenvalue weighted by molar-refractivity contribution is 0.809. The van der Waals surface area contributed by atoms with Crippen LogP contribution in [0.5, 0.6) is 0 Å². The van der Waals surface area contributed by atoms with Crippen LogP contribution >= 0.6 is 11.8 Å². The van der Waals surface area contributed by atoms with Crippen LogP contribution in [0.2, 0.25) is 0 Å². The lowest BCUT2D eigenvalue weighted by Crippen LogP contribution is -1.98. The van der Waals surface area contributed by atoms with E-state index in [0.29, 0.717) is 11.7 Å². The van der Waals surface area contributed by atoms with E-state index in [2.05, 4.69) is 45.4 Å². The van der Waals surface area contributed by atoms with Crippen molar-refractivity contribution < 1.29 is 0 Å². The third kappa shape index (κ3) is 2.29. The van der Waals surface area contributed by atoms with Crippen molar-refractivity contribution >= 4 is 17.5 Å². The first kappa shape index (κ1) is 11.9. The van der Waals surface area contributed by atoms with Crippen LogP contribution in [0.1, 0.15) is 30.0 Å². The smallest absolute Gasteiger partial charge is 0.220 e. The molecule has 100 valence electrons. The molecule has 2 heterocycles. The molecule has 1 aliphatic carbocycles. The van der Waals surface area contributed by atoms with Gasteiger partial charge in [0.25, 0.3) is 5.78 Å². The number of benzene rings is 1. The van der Waals surface area contributed by atoms with Gasteiger partial charge in [-0.1, -0.05) is 42.1 Å². The highest BCUT2D eigenvalue weighted by Gasteiger charge is 2.27. The number of fused-ring (bicyclic) bond motifs is 1. The van der Waals surface area contributed by atoms with E-state index in [-0.39, 0.29) is 0 Å². The second-order valence-corrected chi connectivity index (χ2v) is 5.97. The summed E-state index contributed by atoms with van der Waals surface area (Å²) >= 11 is 1.66. The Morgan fingerprint density at radius 2 is 2.00 bits per heavy atom. The number of aromatic nitrogens is 4. The normalized spacial score (nSPS) is 14.8. The molecule has 2 aromatic heterocycles. The molecule has 3 aromatic rings. The summed E-state index contributed by atoms with van der Waals surface area (Å²) in [5.41, 5.74) is 2.53. The Labute approximate surface area is 121 Å². The first-order valence-electron chi connectivity index (χ1n) is 6.78. The molecule has 5 heteroatoms. The Morgan fingerprint density at radius 3 is 2.80 bits per heavy atom. The molecule has 0 radical (unpaired) electrons. The van der Waals surface area contributed by atoms with Gasteiger partial charge in [-0.15, -0.1) is 5.10 Å². The molecule has 1 aromatic carbocycles. The van der Waals surface area contributed by atoms with Crippen molar-refractivity contribution in [1.82, 2.24) is 19.6 Å². The molecule has 1 saturated carbocycles. The third-order valence-corrected chi connectivity index (χ3v) is 4.37. The standard InChI is InChI=1S/C15H14N4S/c1-2-4-11(5-3-1)10-20-15-17-14-16-9-8-13(12-6-7-12)19(14)18-15/h1-5,8-9,12H,6-7,10H2. The van der Waals surface area contributed by atoms with Gasteiger partial charge in [-0.05, 0) is 24.5 Å². The summed E-state index contributed by atoms with van der Waals surface area (Å²) in [7, 11) is 0. The highest BCUT2D eigenvalue weighted by atomic mass is 32.2. The van der Waals surface area contributed by atoms with Crippen LogP contribution in [-0.2, 0) is 5.75 Å². The van der Waals surface area contributed by atoms with E-state index in [4.69, 9.17) is 0 Å². The molecule has 20 heavy (non-hydrogen) atoms. The Kier molecular flexibility index (Phi) is 2.92. The van der Waals surface area contributed by atoms with Crippen molar-refractivity contribution in [2.75, 3.05) is 0 Å². The number of rotatable bonds is 4. The summed E-state index contributed by atoms with van der Waals surface area (Å²) in [4.78, 5) is 8.81. The van der Waals surface area contributed by atoms with Gasteiger partial charge >= 0.3 is 0 Å². The maximum absolute atomic E-state index is 4.60. The zero-order chi connectivity index (χ0) is 13.4. The molecule has 0 atom stereocenters. The zero-order valence-electron chi connectivity index (χ0n) is 10.9. The van der Waals surface area contributed by atoms with E-state index in [1.165, 1.54) is 24.1 Å². The van der Waals surface area contributed by atoms with Gasteiger partial charge in [0.2, 0.25) is 5.16 Å². The van der Waals surface area contributed by atoms with Gasteiger partial charge < -0.3 is 0 Å². The van der Waals surface area contributed by atoms with Gasteiger partial charge in [0.15, 0.2) is 0 Å². The Hall–Kier alpha value is -1.88. The topological polar surface area (TPSA) is 43.1 Å². The van der Waals surface area contributed by atoms with E-state index >= 15 is 0 Å². The fourth-order valence-electron chi connectivity index (χ4n) is 2.26. The van der Waals surface area contributed by atoms with Crippen LogP contribution in [-0.4, -0.2) is 19.6 Å². The second-order valence-electron chi connectivity index (χ2n) is 5.02. The molecule has 0 aliphatic heterocycles. The highest BCUT2D eigenvalue weighted by molar-refractivity contribution is 7.98. The molecule has 1 aliphatic rings. The second kappa shape index (κ2) is 4.90. The number of hydrogen-bond acceptors (Lipinski definition) is 4. The Balaban J connectivity index is 1.59. The van der Waals surface area contributed by atoms with Crippen molar-refractivity contribution in [3.63, 3.8) is 0 Å². The third-order valence-electron chi connectivity index (χ3n) is 3.46. The van der Waals surface area contributed by atoms with Gasteiger partial charge in [-0.2, -0.15) is 9.50 Å². The monoisotopic (exact) mass is 282 g/mol. The highest BCUT2D eigenvalue weighted by Crippen LogP contribution is 2.39. The van der Waals surface area contributed by atoms with Crippen molar-refractivity contribution in [1.29, 1.82) is 0 Å². The number of hydrogen-bond donors (Lipinski definition) is 0. The maximum atomic E-state index is 4.60. The SMILES string of the molecule is c1ccc(CSc2nc3nccc(C4CC4)n3n2)cc1. The fraction of sp³-hybridized carbons (Fsp3) is 0.267. The van der Waals surface area contributed by atoms with E-state index in [1.54, 1.807) is 11.8 Å². The van der Waals surface area contributed by atoms with Crippen molar-refractivity contribution in [2.45, 2.75) is 29.7 Å². The maximum Gasteiger partial charge on any atom is 0.253 e. The minimum atomic E-state index is 0.647. The molecule has 0 N–H and O–H groups in total. The summed E-state index contributed by atoms with van der Waals surface area (Å²) in [6.45, 7) is 0. The largest absolute Gasteiger partial charge is 0.253 e. The summed E-state index contributed by atoms with van der Waals surface area (Å²) in [6.07, 6.45) is 4.35. The first-order chi connectivity index (χ1) is 9.90. The van der Waals surface area contributed by atoms with E-state index in [0.717, 1.165) is 10.9 Å². The number of nitrogens with zero attached hydrogens (tertiary/aromatic N) is 4. The summed E-state index contributed by atoms with van der Waals surface area (Å²) in [5, 5.41) is 5.40. The van der Waals surface area contributed by atoms with Crippen LogP contribution in [0.25, 0.3) is 5.78 Å². The lowest BCUT2D eigenvalue weighted by atomic mass is 10.2. The van der Waals surface area contributed by atoms with Gasteiger partial charge in [0.1, 0.15) is 0 Å². The molecule has 0 spiro atoms. The molecule has 0 amide bonds. The zero-order valence-corrected chi connectivity index (χ0v) is 11.8. The fourth-order valence-corrected chi connectivity index (χ4v) is 3.04. The molecular formula is C15H14N4S. The van der Waals surface area contributed by atoms with E-state index in [1.807, 2.05) is 16.8 Å². The average Bonchev–Trinajstić information content (AvgIpc) is 3.25. The summed E-state index contributed by atoms with van der Waals surface area (Å²) in [5.74, 6) is 2.25. The van der Waals surface area contributed by atoms with Gasteiger partial charge in [-0.25, -0.2) is 4.98 Å². The van der Waals surface area contributed by atoms with Crippen LogP contribution in [0.3, 0.4) is 0 Å². The van der Waals surface area contributed by atoms with Gasteiger partial charge in [-0.3, -0.25) is 0 Å². The van der Waals surface area contributed by atoms with Crippen LogP contribution in [0.4, 0.5) is 0 Å². The summed E-state index contributed by atoms with van der Waals surface area (Å²) < 4.78 is 1.91. The molecule has 1 fully saturated rings. The minimum absolute atomic E-state index is 0.647. The van der Waals surface area contributed by atoms with Crippen molar-refractivity contribution in [3.8, 4) is 0 Å². The first-order valence-corrected chi connectivity index (χ1v) is 7.77. The average molecular weight is 282 g/mol. The summed E-state index contributed by atoms with van der Waals surface area (Å²) in [6, 6.07) is 12.4. The van der Waals surface area contributed by atoms with Crippen molar-refractivity contribution in [2.24, 2.45) is 0 Å². The molecule has 0 saturated heterocycles. The quantitative estimate of drug-likeness (QED) is 0.689. The Morgan fingerprint density at radius 1 is 1.15 bits per heavy atom. The molecule has 0 bridgehead atoms. The Bertz CT molecular complexity index is 734. The lowest BCUT2D eigenvalue weighted by Gasteiger charge is -1.99. The van der Waals surface area contributed by atoms with Crippen LogP contribution < -0.4 is 0 Å². The molecule has 0 unspecified atom stereocenters. The molecule has 4 nitrogen and oxygen atoms in total. The van der Waals surface area contributed by atoms with Crippen molar-refractivity contribution in [3.05, 3.63) is 53.9 Å². The molecule has 4 rings (SSSR count). The van der Waals surface area contributed by atoms with Crippen LogP contribution in [0.15, 0.2) is 47.8 Å². The minimum Gasteiger partial charge on any atom is -0.220 e. The predicted octanol–water partition coefficient (Wildman–Crippen LogP) is 3.29. The van der Waals surface area contributed by atoms with E-state index in [9.17, 15) is 0 Å². The number of thioether (sulfide) groups is 1. The van der Waals surface area contributed by atoms with Crippen LogP contribution in [0, 0.1) is 0 Å².